The van der Waals surface area contributed by atoms with Gasteiger partial charge in [0.2, 0.25) is 0 Å². The average Bonchev–Trinajstić information content (AvgIpc) is 2.81. The van der Waals surface area contributed by atoms with Gasteiger partial charge in [0.1, 0.15) is 0 Å². The van der Waals surface area contributed by atoms with E-state index in [0.717, 1.165) is 11.6 Å². The first-order valence-corrected chi connectivity index (χ1v) is 11.4. The van der Waals surface area contributed by atoms with E-state index in [0.29, 0.717) is 6.04 Å². The van der Waals surface area contributed by atoms with Crippen molar-refractivity contribution in [1.82, 2.24) is 4.57 Å². The molecule has 0 fully saturated rings. The van der Waals surface area contributed by atoms with Gasteiger partial charge in [-0.15, -0.1) is 0 Å². The van der Waals surface area contributed by atoms with Crippen LogP contribution in [0.25, 0.3) is 34.6 Å². The van der Waals surface area contributed by atoms with Crippen molar-refractivity contribution in [3.63, 3.8) is 0 Å². The minimum atomic E-state index is -1.85. The number of hydrogen-bond donors (Lipinski definition) is 0. The average molecular weight is 504 g/mol. The topological polar surface area (TPSA) is 20.3 Å². The minimum Gasteiger partial charge on any atom is -1.00 e. The molecule has 0 bridgehead atoms. The fraction of sp³-hybridized carbons (Fsp3) is 0.280. The van der Waals surface area contributed by atoms with Gasteiger partial charge in [0.05, 0.1) is 0 Å². The van der Waals surface area contributed by atoms with Crippen LogP contribution in [0.4, 0.5) is 0 Å². The number of allylic oxidation sites excluding steroid dienone is 2. The van der Waals surface area contributed by atoms with Crippen LogP contribution in [0.2, 0.25) is 6.04 Å². The SMILES string of the molecule is C=c1c2cccc3c(c-2c2ccccc12)CC(C[Si](=O)N(C)C(C)(C)C)=CC=3.[Cl-].[Cl-].[Ti+4]. The second-order valence-corrected chi connectivity index (χ2v) is 10.6. The van der Waals surface area contributed by atoms with Gasteiger partial charge in [0.15, 0.2) is 0 Å². The number of halogens is 2. The summed E-state index contributed by atoms with van der Waals surface area (Å²) >= 11 is 0. The molecule has 0 atom stereocenters. The molecule has 0 aliphatic heterocycles. The first kappa shape index (κ1) is 27.8. The van der Waals surface area contributed by atoms with Crippen molar-refractivity contribution in [3.05, 3.63) is 70.1 Å². The maximum atomic E-state index is 13.0. The molecule has 0 aromatic heterocycles. The summed E-state index contributed by atoms with van der Waals surface area (Å²) in [7, 11) is 0.124. The molecule has 3 aliphatic rings. The summed E-state index contributed by atoms with van der Waals surface area (Å²) in [4.78, 5) is 0. The summed E-state index contributed by atoms with van der Waals surface area (Å²) < 4.78 is 15.0. The van der Waals surface area contributed by atoms with Gasteiger partial charge in [-0.25, -0.2) is 0 Å². The summed E-state index contributed by atoms with van der Waals surface area (Å²) in [5.74, 6) is 0. The third-order valence-electron chi connectivity index (χ3n) is 5.97. The summed E-state index contributed by atoms with van der Waals surface area (Å²) in [5, 5.41) is 4.84. The number of hydrogen-bond acceptors (Lipinski definition) is 1. The van der Waals surface area contributed by atoms with Crippen molar-refractivity contribution in [2.24, 2.45) is 0 Å². The zero-order valence-electron chi connectivity index (χ0n) is 18.4. The molecule has 6 heteroatoms. The fourth-order valence-corrected chi connectivity index (χ4v) is 5.67. The zero-order chi connectivity index (χ0) is 20.1. The molecule has 158 valence electrons. The third-order valence-corrected chi connectivity index (χ3v) is 8.14. The Bertz CT molecular complexity index is 1220. The molecule has 0 saturated heterocycles. The summed E-state index contributed by atoms with van der Waals surface area (Å²) in [6, 6.07) is 15.7. The first-order chi connectivity index (χ1) is 13.3. The molecular weight excluding hydrogens is 477 g/mol. The van der Waals surface area contributed by atoms with Crippen LogP contribution in [0.5, 0.6) is 0 Å². The minimum absolute atomic E-state index is 0. The van der Waals surface area contributed by atoms with Crippen molar-refractivity contribution in [3.8, 4) is 11.1 Å². The standard InChI is InChI=1S/C25H27NOSi.2ClH.Ti/c1-17-20-10-6-7-11-22(20)24-21(17)12-8-9-19-14-13-18(15-23(19)24)16-28(27)26(5)25(2,3)4;;;/h6-14H,1,15-16H2,2-5H3;2*1H;/q;;;+4/p-2. The van der Waals surface area contributed by atoms with Gasteiger partial charge in [-0.05, 0) is 65.1 Å². The largest absolute Gasteiger partial charge is 4.00 e. The van der Waals surface area contributed by atoms with Gasteiger partial charge in [0, 0.05) is 18.6 Å². The summed E-state index contributed by atoms with van der Waals surface area (Å²) in [5.41, 5.74) is 5.01. The third kappa shape index (κ3) is 5.23. The molecule has 0 spiro atoms. The fourth-order valence-electron chi connectivity index (χ4n) is 4.06. The van der Waals surface area contributed by atoms with E-state index in [1.165, 1.54) is 38.3 Å². The molecule has 1 aromatic carbocycles. The van der Waals surface area contributed by atoms with Crippen LogP contribution in [0.15, 0.2) is 54.1 Å². The number of rotatable bonds is 3. The Morgan fingerprint density at radius 1 is 1.00 bits per heavy atom. The second kappa shape index (κ2) is 10.6. The Morgan fingerprint density at radius 2 is 1.65 bits per heavy atom. The van der Waals surface area contributed by atoms with E-state index in [4.69, 9.17) is 0 Å². The Kier molecular flexibility index (Phi) is 9.50. The molecule has 0 saturated carbocycles. The first-order valence-electron chi connectivity index (χ1n) is 9.85. The van der Waals surface area contributed by atoms with Crippen molar-refractivity contribution in [2.45, 2.75) is 38.8 Å². The molecule has 3 aliphatic carbocycles. The van der Waals surface area contributed by atoms with Crippen LogP contribution in [0.3, 0.4) is 0 Å². The number of benzene rings is 1. The van der Waals surface area contributed by atoms with E-state index in [2.05, 4.69) is 82.0 Å². The second-order valence-electron chi connectivity index (χ2n) is 8.74. The van der Waals surface area contributed by atoms with Gasteiger partial charge in [-0.1, -0.05) is 66.8 Å². The predicted molar refractivity (Wildman–Crippen MR) is 120 cm³/mol. The van der Waals surface area contributed by atoms with Crippen LogP contribution >= 0.6 is 0 Å². The van der Waals surface area contributed by atoms with E-state index >= 15 is 0 Å². The van der Waals surface area contributed by atoms with Crippen LogP contribution in [0, 0.1) is 0 Å². The Labute approximate surface area is 213 Å². The molecule has 0 heterocycles. The van der Waals surface area contributed by atoms with E-state index in [9.17, 15) is 4.46 Å². The summed E-state index contributed by atoms with van der Waals surface area (Å²) in [6.07, 6.45) is 5.20. The maximum absolute atomic E-state index is 13.0. The zero-order valence-corrected chi connectivity index (χ0v) is 22.5. The van der Waals surface area contributed by atoms with Gasteiger partial charge < -0.3 is 33.8 Å². The molecule has 4 rings (SSSR count). The number of nitrogens with zero attached hydrogens (tertiary/aromatic N) is 1. The van der Waals surface area contributed by atoms with Gasteiger partial charge in [-0.2, -0.15) is 0 Å². The smallest absolute Gasteiger partial charge is 1.00 e. The van der Waals surface area contributed by atoms with Gasteiger partial charge in [0.25, 0.3) is 0 Å². The van der Waals surface area contributed by atoms with Crippen LogP contribution in [-0.2, 0) is 32.6 Å². The molecule has 1 aromatic rings. The number of fused-ring (bicyclic) bond motifs is 5. The molecule has 2 nitrogen and oxygen atoms in total. The molecule has 0 N–H and O–H groups in total. The van der Waals surface area contributed by atoms with Crippen LogP contribution in [0.1, 0.15) is 26.3 Å². The molecule has 0 unspecified atom stereocenters. The molecule has 31 heavy (non-hydrogen) atoms. The quantitative estimate of drug-likeness (QED) is 0.396. The van der Waals surface area contributed by atoms with Crippen molar-refractivity contribution >= 4 is 32.3 Å². The van der Waals surface area contributed by atoms with E-state index < -0.39 is 8.84 Å². The van der Waals surface area contributed by atoms with Crippen LogP contribution < -0.4 is 35.3 Å². The van der Waals surface area contributed by atoms with Crippen molar-refractivity contribution < 1.29 is 51.0 Å². The van der Waals surface area contributed by atoms with Crippen LogP contribution in [-0.4, -0.2) is 26.0 Å². The van der Waals surface area contributed by atoms with E-state index in [1.807, 2.05) is 11.6 Å². The van der Waals surface area contributed by atoms with Crippen molar-refractivity contribution in [1.29, 1.82) is 0 Å². The van der Waals surface area contributed by atoms with Gasteiger partial charge in [-0.3, -0.25) is 0 Å². The Hall–Kier alpha value is -1.23. The van der Waals surface area contributed by atoms with E-state index in [1.54, 1.807) is 0 Å². The van der Waals surface area contributed by atoms with Gasteiger partial charge >= 0.3 is 30.6 Å². The predicted octanol–water partition coefficient (Wildman–Crippen LogP) is -1.73. The maximum Gasteiger partial charge on any atom is 4.00 e. The Balaban J connectivity index is 0.00000160. The summed E-state index contributed by atoms with van der Waals surface area (Å²) in [6.45, 7) is 10.7. The molecule has 0 amide bonds. The van der Waals surface area contributed by atoms with Crippen molar-refractivity contribution in [2.75, 3.05) is 7.05 Å². The van der Waals surface area contributed by atoms with E-state index in [-0.39, 0.29) is 52.1 Å². The normalized spacial score (nSPS) is 12.5. The molecular formula is C25H27Cl2NOSiTi+2. The Morgan fingerprint density at radius 3 is 2.29 bits per heavy atom. The monoisotopic (exact) mass is 503 g/mol. The molecule has 0 radical (unpaired) electrons.